The van der Waals surface area contributed by atoms with Crippen LogP contribution in [0.2, 0.25) is 0 Å². The number of phenolic OH excluding ortho intramolecular Hbond substituents is 1. The number of benzene rings is 1. The molecule has 1 aromatic rings. The molecule has 1 aromatic carbocycles. The molecular weight excluding hydrogens is 580 g/mol. The molecule has 0 heterocycles. The Morgan fingerprint density at radius 1 is 0.913 bits per heavy atom. The molecule has 4 saturated carbocycles. The van der Waals surface area contributed by atoms with Crippen LogP contribution in [0.25, 0.3) is 6.08 Å². The number of phenols is 1. The van der Waals surface area contributed by atoms with Crippen molar-refractivity contribution in [3.63, 3.8) is 0 Å². The molecule has 4 fully saturated rings. The molecule has 0 saturated heterocycles. The van der Waals surface area contributed by atoms with Gasteiger partial charge in [-0.1, -0.05) is 65.3 Å². The van der Waals surface area contributed by atoms with Crippen LogP contribution in [-0.2, 0) is 14.3 Å². The van der Waals surface area contributed by atoms with Crippen LogP contribution >= 0.6 is 0 Å². The van der Waals surface area contributed by atoms with Crippen molar-refractivity contribution in [2.75, 3.05) is 6.61 Å². The number of fused-ring (bicyclic) bond motifs is 7. The van der Waals surface area contributed by atoms with Gasteiger partial charge < -0.3 is 25.2 Å². The van der Waals surface area contributed by atoms with E-state index >= 15 is 0 Å². The normalized spacial score (nSPS) is 44.6. The van der Waals surface area contributed by atoms with Gasteiger partial charge in [0.25, 0.3) is 0 Å². The predicted molar refractivity (Wildman–Crippen MR) is 176 cm³/mol. The van der Waals surface area contributed by atoms with Gasteiger partial charge in [0, 0.05) is 11.5 Å². The highest BCUT2D eigenvalue weighted by Gasteiger charge is 2.70. The number of aromatic hydroxyl groups is 1. The molecule has 6 rings (SSSR count). The monoisotopic (exact) mass is 634 g/mol. The third kappa shape index (κ3) is 4.81. The van der Waals surface area contributed by atoms with Gasteiger partial charge in [0.1, 0.15) is 5.75 Å². The summed E-state index contributed by atoms with van der Waals surface area (Å²) in [7, 11) is 0. The summed E-state index contributed by atoms with van der Waals surface area (Å²) in [5.41, 5.74) is 0.147. The first-order chi connectivity index (χ1) is 21.4. The summed E-state index contributed by atoms with van der Waals surface area (Å²) < 4.78 is 5.81. The Kier molecular flexibility index (Phi) is 7.92. The molecule has 0 bridgehead atoms. The van der Waals surface area contributed by atoms with E-state index in [1.165, 1.54) is 11.6 Å². The fourth-order valence-corrected chi connectivity index (χ4v) is 11.8. The summed E-state index contributed by atoms with van der Waals surface area (Å²) in [6, 6.07) is 6.53. The van der Waals surface area contributed by atoms with Crippen LogP contribution in [0.5, 0.6) is 5.75 Å². The highest BCUT2D eigenvalue weighted by atomic mass is 16.5. The summed E-state index contributed by atoms with van der Waals surface area (Å²) in [5.74, 6) is -0.702. The lowest BCUT2D eigenvalue weighted by Gasteiger charge is -2.71. The lowest BCUT2D eigenvalue weighted by atomic mass is 9.33. The molecule has 10 atom stereocenters. The van der Waals surface area contributed by atoms with E-state index in [9.17, 15) is 30.0 Å². The Balaban J connectivity index is 1.30. The summed E-state index contributed by atoms with van der Waals surface area (Å²) in [6.45, 7) is 13.7. The largest absolute Gasteiger partial charge is 0.508 e. The molecule has 0 spiro atoms. The first-order valence-electron chi connectivity index (χ1n) is 17.4. The van der Waals surface area contributed by atoms with Crippen LogP contribution in [0.15, 0.2) is 42.0 Å². The third-order valence-electron chi connectivity index (χ3n) is 14.6. The van der Waals surface area contributed by atoms with E-state index in [4.69, 9.17) is 4.74 Å². The van der Waals surface area contributed by atoms with E-state index in [1.54, 1.807) is 30.3 Å². The number of carboxylic acids is 1. The van der Waals surface area contributed by atoms with Crippen molar-refractivity contribution in [1.82, 2.24) is 0 Å². The van der Waals surface area contributed by atoms with Gasteiger partial charge in [-0.15, -0.1) is 0 Å². The fourth-order valence-electron chi connectivity index (χ4n) is 11.8. The second kappa shape index (κ2) is 10.9. The quantitative estimate of drug-likeness (QED) is 0.154. The summed E-state index contributed by atoms with van der Waals surface area (Å²) in [6.07, 6.45) is 10.7. The molecule has 0 radical (unpaired) electrons. The Labute approximate surface area is 274 Å². The standard InChI is InChI=1S/C39H54O7/c1-34(2)17-19-39(33(44)45)20-18-37(5)26(27(39)21-34)12-13-30-35(3)22-28(41)32(43)36(4,29(35)15-16-38(30,37)6)23-46-31(42)14-9-24-7-10-25(40)11-8-24/h7-12,14,27-30,32,40-41,43H,13,15-23H2,1-6H3,(H,44,45)/b14-9+/t27-,28-,29+,30+,32+,35+,36+,37-,38-,39+/m1/s1. The number of rotatable bonds is 5. The van der Waals surface area contributed by atoms with E-state index in [2.05, 4.69) is 40.7 Å². The van der Waals surface area contributed by atoms with Crippen LogP contribution in [0.3, 0.4) is 0 Å². The molecule has 7 nitrogen and oxygen atoms in total. The second-order valence-corrected chi connectivity index (χ2v) is 17.4. The third-order valence-corrected chi connectivity index (χ3v) is 14.6. The highest BCUT2D eigenvalue weighted by molar-refractivity contribution is 5.87. The zero-order valence-electron chi connectivity index (χ0n) is 28.5. The van der Waals surface area contributed by atoms with E-state index < -0.39 is 35.0 Å². The van der Waals surface area contributed by atoms with Gasteiger partial charge in [-0.25, -0.2) is 4.79 Å². The minimum atomic E-state index is -1.02. The number of ether oxygens (including phenoxy) is 1. The van der Waals surface area contributed by atoms with Crippen LogP contribution < -0.4 is 0 Å². The number of aliphatic carboxylic acids is 1. The molecule has 7 heteroatoms. The van der Waals surface area contributed by atoms with E-state index in [0.29, 0.717) is 12.8 Å². The minimum absolute atomic E-state index is 0.00428. The summed E-state index contributed by atoms with van der Waals surface area (Å²) in [5, 5.41) is 43.1. The number of hydrogen-bond donors (Lipinski definition) is 4. The van der Waals surface area contributed by atoms with Crippen LogP contribution in [0.4, 0.5) is 0 Å². The molecular formula is C39H54O7. The van der Waals surface area contributed by atoms with Crippen molar-refractivity contribution in [1.29, 1.82) is 0 Å². The molecule has 5 aliphatic rings. The summed E-state index contributed by atoms with van der Waals surface area (Å²) in [4.78, 5) is 25.8. The van der Waals surface area contributed by atoms with Crippen molar-refractivity contribution in [3.8, 4) is 5.75 Å². The van der Waals surface area contributed by atoms with Gasteiger partial charge in [0.15, 0.2) is 0 Å². The maximum Gasteiger partial charge on any atom is 0.330 e. The number of carbonyl (C=O) groups excluding carboxylic acids is 1. The Hall–Kier alpha value is -2.64. The average molecular weight is 635 g/mol. The van der Waals surface area contributed by atoms with E-state index in [0.717, 1.165) is 50.5 Å². The fraction of sp³-hybridized carbons (Fsp3) is 0.692. The SMILES string of the molecule is CC1(C)CC[C@]2(C(=O)O)CC[C@]3(C)C(=CC[C@H]4[C@@]5(C)C[C@@H](O)[C@H](O)[C@@](C)(COC(=O)/C=C/c6ccc(O)cc6)[C@H]5CC[C@]43C)[C@H]2C1. The molecule has 0 aliphatic heterocycles. The highest BCUT2D eigenvalue weighted by Crippen LogP contribution is 2.75. The number of carbonyl (C=O) groups is 2. The van der Waals surface area contributed by atoms with Gasteiger partial charge in [0.2, 0.25) is 0 Å². The smallest absolute Gasteiger partial charge is 0.330 e. The molecule has 252 valence electrons. The Morgan fingerprint density at radius 3 is 2.26 bits per heavy atom. The maximum atomic E-state index is 12.9. The molecule has 5 aliphatic carbocycles. The number of esters is 1. The Bertz CT molecular complexity index is 1440. The van der Waals surface area contributed by atoms with E-state index in [-0.39, 0.29) is 51.8 Å². The van der Waals surface area contributed by atoms with Gasteiger partial charge in [-0.05, 0) is 121 Å². The second-order valence-electron chi connectivity index (χ2n) is 17.4. The van der Waals surface area contributed by atoms with Gasteiger partial charge in [0.05, 0.1) is 24.2 Å². The van der Waals surface area contributed by atoms with Crippen LogP contribution in [0, 0.1) is 50.2 Å². The van der Waals surface area contributed by atoms with Crippen molar-refractivity contribution < 1.29 is 34.8 Å². The molecule has 4 N–H and O–H groups in total. The average Bonchev–Trinajstić information content (AvgIpc) is 2.98. The van der Waals surface area contributed by atoms with Gasteiger partial charge in [-0.3, -0.25) is 4.79 Å². The number of carboxylic acid groups (broad SMARTS) is 1. The maximum absolute atomic E-state index is 12.9. The number of allylic oxidation sites excluding steroid dienone is 2. The number of aliphatic hydroxyl groups is 2. The lowest BCUT2D eigenvalue weighted by molar-refractivity contribution is -0.245. The predicted octanol–water partition coefficient (Wildman–Crippen LogP) is 7.15. The number of aliphatic hydroxyl groups excluding tert-OH is 2. The van der Waals surface area contributed by atoms with Gasteiger partial charge in [-0.2, -0.15) is 0 Å². The number of hydrogen-bond acceptors (Lipinski definition) is 6. The molecule has 0 aromatic heterocycles. The minimum Gasteiger partial charge on any atom is -0.508 e. The molecule has 46 heavy (non-hydrogen) atoms. The van der Waals surface area contributed by atoms with Crippen molar-refractivity contribution >= 4 is 18.0 Å². The van der Waals surface area contributed by atoms with Crippen molar-refractivity contribution in [2.45, 2.75) is 112 Å². The molecule has 0 amide bonds. The Morgan fingerprint density at radius 2 is 1.59 bits per heavy atom. The zero-order chi connectivity index (χ0) is 33.5. The van der Waals surface area contributed by atoms with Crippen molar-refractivity contribution in [2.24, 2.45) is 50.2 Å². The topological polar surface area (TPSA) is 124 Å². The van der Waals surface area contributed by atoms with E-state index in [1.807, 2.05) is 6.92 Å². The molecule has 0 unspecified atom stereocenters. The first kappa shape index (κ1) is 33.3. The summed E-state index contributed by atoms with van der Waals surface area (Å²) >= 11 is 0. The zero-order valence-corrected chi connectivity index (χ0v) is 28.5. The van der Waals surface area contributed by atoms with Crippen molar-refractivity contribution in [3.05, 3.63) is 47.6 Å². The van der Waals surface area contributed by atoms with Crippen LogP contribution in [-0.4, -0.2) is 51.2 Å². The first-order valence-corrected chi connectivity index (χ1v) is 17.4. The van der Waals surface area contributed by atoms with Crippen LogP contribution in [0.1, 0.15) is 105 Å². The lowest BCUT2D eigenvalue weighted by Crippen LogP contribution is -2.68. The van der Waals surface area contributed by atoms with Gasteiger partial charge >= 0.3 is 11.9 Å².